The molecule has 0 aliphatic heterocycles. The number of nitrogens with zero attached hydrogens (tertiary/aromatic N) is 2. The maximum atomic E-state index is 5.48. The Labute approximate surface area is 77.2 Å². The molecule has 0 fully saturated rings. The van der Waals surface area contributed by atoms with Gasteiger partial charge in [0.15, 0.2) is 0 Å². The minimum atomic E-state index is 0.694. The Morgan fingerprint density at radius 3 is 3.08 bits per heavy atom. The van der Waals surface area contributed by atoms with E-state index in [1.54, 1.807) is 0 Å². The van der Waals surface area contributed by atoms with Crippen LogP contribution in [0.15, 0.2) is 24.7 Å². The van der Waals surface area contributed by atoms with Crippen molar-refractivity contribution in [2.45, 2.75) is 13.3 Å². The van der Waals surface area contributed by atoms with Crippen LogP contribution in [0, 0.1) is 6.92 Å². The van der Waals surface area contributed by atoms with E-state index in [0.717, 1.165) is 12.1 Å². The van der Waals surface area contributed by atoms with Gasteiger partial charge in [-0.05, 0) is 31.5 Å². The topological polar surface area (TPSA) is 43.3 Å². The summed E-state index contributed by atoms with van der Waals surface area (Å²) < 4.78 is 2.04. The predicted octanol–water partition coefficient (Wildman–Crippen LogP) is 1.14. The lowest BCUT2D eigenvalue weighted by Crippen LogP contribution is -2.03. The van der Waals surface area contributed by atoms with Crippen LogP contribution in [-0.2, 0) is 6.42 Å². The summed E-state index contributed by atoms with van der Waals surface area (Å²) >= 11 is 0. The average Bonchev–Trinajstić information content (AvgIpc) is 2.48. The summed E-state index contributed by atoms with van der Waals surface area (Å²) in [6.45, 7) is 2.71. The highest BCUT2D eigenvalue weighted by atomic mass is 15.0. The molecule has 0 aliphatic rings. The molecule has 2 aromatic heterocycles. The van der Waals surface area contributed by atoms with Gasteiger partial charge in [0.05, 0.1) is 17.5 Å². The van der Waals surface area contributed by atoms with Crippen LogP contribution >= 0.6 is 0 Å². The highest BCUT2D eigenvalue weighted by molar-refractivity contribution is 5.51. The van der Waals surface area contributed by atoms with E-state index in [0.29, 0.717) is 6.54 Å². The number of rotatable bonds is 2. The average molecular weight is 175 g/mol. The Balaban J connectivity index is 2.50. The first-order chi connectivity index (χ1) is 6.31. The molecule has 0 saturated heterocycles. The van der Waals surface area contributed by atoms with Crippen LogP contribution in [0.4, 0.5) is 0 Å². The summed E-state index contributed by atoms with van der Waals surface area (Å²) in [6, 6.07) is 4.20. The van der Waals surface area contributed by atoms with Gasteiger partial charge < -0.3 is 10.1 Å². The maximum Gasteiger partial charge on any atom is 0.0995 e. The molecule has 0 spiro atoms. The Morgan fingerprint density at radius 2 is 2.31 bits per heavy atom. The number of hydrogen-bond donors (Lipinski definition) is 1. The summed E-state index contributed by atoms with van der Waals surface area (Å²) in [5.74, 6) is 0. The lowest BCUT2D eigenvalue weighted by atomic mass is 10.2. The van der Waals surface area contributed by atoms with Crippen molar-refractivity contribution < 1.29 is 0 Å². The van der Waals surface area contributed by atoms with E-state index in [-0.39, 0.29) is 0 Å². The SMILES string of the molecule is Cc1ncn2cc(CCN)ccc12. The first-order valence-electron chi connectivity index (χ1n) is 4.43. The van der Waals surface area contributed by atoms with Gasteiger partial charge in [0.25, 0.3) is 0 Å². The van der Waals surface area contributed by atoms with E-state index in [2.05, 4.69) is 23.3 Å². The molecule has 3 heteroatoms. The molecule has 2 aromatic rings. The van der Waals surface area contributed by atoms with Gasteiger partial charge in [-0.2, -0.15) is 0 Å². The van der Waals surface area contributed by atoms with Gasteiger partial charge in [-0.25, -0.2) is 4.98 Å². The molecule has 2 rings (SSSR count). The quantitative estimate of drug-likeness (QED) is 0.744. The molecular weight excluding hydrogens is 162 g/mol. The van der Waals surface area contributed by atoms with E-state index in [4.69, 9.17) is 5.73 Å². The Kier molecular flexibility index (Phi) is 2.02. The molecule has 0 saturated carbocycles. The summed E-state index contributed by atoms with van der Waals surface area (Å²) in [5.41, 5.74) is 8.98. The fraction of sp³-hybridized carbons (Fsp3) is 0.300. The molecule has 0 aliphatic carbocycles. The highest BCUT2D eigenvalue weighted by Crippen LogP contribution is 2.10. The van der Waals surface area contributed by atoms with Gasteiger partial charge in [0.2, 0.25) is 0 Å². The van der Waals surface area contributed by atoms with Gasteiger partial charge in [-0.3, -0.25) is 0 Å². The molecule has 3 nitrogen and oxygen atoms in total. The number of hydrogen-bond acceptors (Lipinski definition) is 2. The van der Waals surface area contributed by atoms with Crippen LogP contribution in [0.25, 0.3) is 5.52 Å². The lowest BCUT2D eigenvalue weighted by molar-refractivity contribution is 0.951. The van der Waals surface area contributed by atoms with Crippen LogP contribution in [0.2, 0.25) is 0 Å². The molecule has 0 radical (unpaired) electrons. The first kappa shape index (κ1) is 8.26. The standard InChI is InChI=1S/C10H13N3/c1-8-10-3-2-9(4-5-11)6-13(10)7-12-8/h2-3,6-7H,4-5,11H2,1H3. The minimum Gasteiger partial charge on any atom is -0.330 e. The normalized spacial score (nSPS) is 10.9. The summed E-state index contributed by atoms with van der Waals surface area (Å²) in [4.78, 5) is 4.23. The fourth-order valence-electron chi connectivity index (χ4n) is 1.50. The molecule has 13 heavy (non-hydrogen) atoms. The van der Waals surface area contributed by atoms with Crippen molar-refractivity contribution in [1.82, 2.24) is 9.38 Å². The van der Waals surface area contributed by atoms with Crippen molar-refractivity contribution in [3.63, 3.8) is 0 Å². The Bertz CT molecular complexity index is 417. The molecular formula is C10H13N3. The maximum absolute atomic E-state index is 5.48. The van der Waals surface area contributed by atoms with E-state index in [1.165, 1.54) is 11.1 Å². The van der Waals surface area contributed by atoms with Crippen LogP contribution in [-0.4, -0.2) is 15.9 Å². The monoisotopic (exact) mass is 175 g/mol. The lowest BCUT2D eigenvalue weighted by Gasteiger charge is -2.00. The molecule has 0 amide bonds. The van der Waals surface area contributed by atoms with E-state index in [1.807, 2.05) is 17.7 Å². The minimum absolute atomic E-state index is 0.694. The van der Waals surface area contributed by atoms with Crippen molar-refractivity contribution in [2.75, 3.05) is 6.54 Å². The van der Waals surface area contributed by atoms with E-state index in [9.17, 15) is 0 Å². The Morgan fingerprint density at radius 1 is 1.46 bits per heavy atom. The molecule has 0 atom stereocenters. The predicted molar refractivity (Wildman–Crippen MR) is 52.7 cm³/mol. The number of imidazole rings is 1. The number of fused-ring (bicyclic) bond motifs is 1. The summed E-state index contributed by atoms with van der Waals surface area (Å²) in [7, 11) is 0. The zero-order valence-electron chi connectivity index (χ0n) is 7.70. The highest BCUT2D eigenvalue weighted by Gasteiger charge is 1.99. The van der Waals surface area contributed by atoms with Crippen molar-refractivity contribution >= 4 is 5.52 Å². The fourth-order valence-corrected chi connectivity index (χ4v) is 1.50. The summed E-state index contributed by atoms with van der Waals surface area (Å²) in [5, 5.41) is 0. The molecule has 2 N–H and O–H groups in total. The van der Waals surface area contributed by atoms with E-state index >= 15 is 0 Å². The van der Waals surface area contributed by atoms with Gasteiger partial charge in [-0.1, -0.05) is 6.07 Å². The number of nitrogens with two attached hydrogens (primary N) is 1. The third-order valence-electron chi connectivity index (χ3n) is 2.22. The van der Waals surface area contributed by atoms with Crippen molar-refractivity contribution in [2.24, 2.45) is 5.73 Å². The number of aromatic nitrogens is 2. The first-order valence-corrected chi connectivity index (χ1v) is 4.43. The summed E-state index contributed by atoms with van der Waals surface area (Å²) in [6.07, 6.45) is 4.85. The second-order valence-corrected chi connectivity index (χ2v) is 3.20. The molecule has 68 valence electrons. The molecule has 0 aromatic carbocycles. The van der Waals surface area contributed by atoms with Crippen LogP contribution in [0.3, 0.4) is 0 Å². The van der Waals surface area contributed by atoms with E-state index < -0.39 is 0 Å². The Hall–Kier alpha value is -1.35. The smallest absolute Gasteiger partial charge is 0.0995 e. The van der Waals surface area contributed by atoms with Crippen LogP contribution in [0.5, 0.6) is 0 Å². The zero-order chi connectivity index (χ0) is 9.26. The molecule has 0 bridgehead atoms. The van der Waals surface area contributed by atoms with Crippen molar-refractivity contribution in [1.29, 1.82) is 0 Å². The van der Waals surface area contributed by atoms with Crippen LogP contribution in [0.1, 0.15) is 11.3 Å². The van der Waals surface area contributed by atoms with Gasteiger partial charge in [0.1, 0.15) is 0 Å². The third-order valence-corrected chi connectivity index (χ3v) is 2.22. The van der Waals surface area contributed by atoms with Gasteiger partial charge in [-0.15, -0.1) is 0 Å². The second kappa shape index (κ2) is 3.18. The van der Waals surface area contributed by atoms with Crippen molar-refractivity contribution in [3.05, 3.63) is 35.9 Å². The van der Waals surface area contributed by atoms with Gasteiger partial charge >= 0.3 is 0 Å². The van der Waals surface area contributed by atoms with Crippen LogP contribution < -0.4 is 5.73 Å². The largest absolute Gasteiger partial charge is 0.330 e. The number of pyridine rings is 1. The molecule has 2 heterocycles. The second-order valence-electron chi connectivity index (χ2n) is 3.20. The third kappa shape index (κ3) is 1.42. The zero-order valence-corrected chi connectivity index (χ0v) is 7.70. The molecule has 0 unspecified atom stereocenters. The number of aryl methyl sites for hydroxylation is 1. The van der Waals surface area contributed by atoms with Crippen molar-refractivity contribution in [3.8, 4) is 0 Å². The van der Waals surface area contributed by atoms with Gasteiger partial charge in [0, 0.05) is 6.20 Å².